The maximum atomic E-state index is 13.2. The van der Waals surface area contributed by atoms with E-state index in [0.717, 1.165) is 51.8 Å². The molecule has 1 fully saturated rings. The average molecular weight is 488 g/mol. The minimum atomic E-state index is -4.62. The molecule has 0 saturated carbocycles. The summed E-state index contributed by atoms with van der Waals surface area (Å²) >= 11 is 1.53. The van der Waals surface area contributed by atoms with E-state index >= 15 is 0 Å². The van der Waals surface area contributed by atoms with E-state index in [4.69, 9.17) is 0 Å². The van der Waals surface area contributed by atoms with Crippen LogP contribution in [0.1, 0.15) is 45.6 Å². The fraction of sp³-hybridized carbons (Fsp3) is 0.318. The Morgan fingerprint density at radius 3 is 2.50 bits per heavy atom. The van der Waals surface area contributed by atoms with Gasteiger partial charge in [-0.15, -0.1) is 11.3 Å². The zero-order valence-corrected chi connectivity index (χ0v) is 19.0. The van der Waals surface area contributed by atoms with Crippen molar-refractivity contribution in [3.05, 3.63) is 58.7 Å². The van der Waals surface area contributed by atoms with Gasteiger partial charge in [0.25, 0.3) is 5.91 Å². The highest BCUT2D eigenvalue weighted by Gasteiger charge is 2.34. The lowest BCUT2D eigenvalue weighted by Gasteiger charge is -2.28. The summed E-state index contributed by atoms with van der Waals surface area (Å²) in [5.41, 5.74) is 2.41. The van der Waals surface area contributed by atoms with Crippen LogP contribution in [0.4, 0.5) is 13.2 Å². The number of benzene rings is 1. The Kier molecular flexibility index (Phi) is 5.56. The number of aryl methyl sites for hydroxylation is 1. The van der Waals surface area contributed by atoms with Crippen molar-refractivity contribution in [1.82, 2.24) is 35.4 Å². The lowest BCUT2D eigenvalue weighted by atomic mass is 10.0. The smallest absolute Gasteiger partial charge is 0.345 e. The van der Waals surface area contributed by atoms with Gasteiger partial charge in [0.1, 0.15) is 5.01 Å². The molecule has 4 heterocycles. The second-order valence-corrected chi connectivity index (χ2v) is 9.40. The normalized spacial score (nSPS) is 15.3. The van der Waals surface area contributed by atoms with Crippen LogP contribution in [0.25, 0.3) is 21.5 Å². The van der Waals surface area contributed by atoms with Gasteiger partial charge in [0.15, 0.2) is 0 Å². The monoisotopic (exact) mass is 487 g/mol. The van der Waals surface area contributed by atoms with Gasteiger partial charge in [-0.2, -0.15) is 18.3 Å². The van der Waals surface area contributed by atoms with Gasteiger partial charge in [-0.05, 0) is 26.0 Å². The first kappa shape index (κ1) is 22.4. The number of alkyl halides is 3. The number of nitrogens with zero attached hydrogens (tertiary/aromatic N) is 5. The number of hydrogen-bond acceptors (Lipinski definition) is 7. The second-order valence-electron chi connectivity index (χ2n) is 8.17. The third kappa shape index (κ3) is 4.14. The van der Waals surface area contributed by atoms with Crippen molar-refractivity contribution < 1.29 is 18.0 Å². The largest absolute Gasteiger partial charge is 0.451 e. The maximum absolute atomic E-state index is 13.2. The van der Waals surface area contributed by atoms with Crippen LogP contribution in [0.5, 0.6) is 0 Å². The summed E-state index contributed by atoms with van der Waals surface area (Å²) in [5.74, 6) is -1.59. The summed E-state index contributed by atoms with van der Waals surface area (Å²) < 4.78 is 40.1. The van der Waals surface area contributed by atoms with Gasteiger partial charge in [0.05, 0.1) is 23.8 Å². The van der Waals surface area contributed by atoms with E-state index in [9.17, 15) is 18.0 Å². The van der Waals surface area contributed by atoms with Gasteiger partial charge in [0, 0.05) is 58.6 Å². The molecule has 1 atom stereocenters. The fourth-order valence-electron chi connectivity index (χ4n) is 3.74. The van der Waals surface area contributed by atoms with E-state index in [-0.39, 0.29) is 11.9 Å². The van der Waals surface area contributed by atoms with Crippen LogP contribution < -0.4 is 10.6 Å². The number of thiazole rings is 1. The number of aromatic nitrogens is 5. The number of halogens is 3. The predicted octanol–water partition coefficient (Wildman–Crippen LogP) is 3.91. The van der Waals surface area contributed by atoms with Crippen LogP contribution >= 0.6 is 11.3 Å². The highest BCUT2D eigenvalue weighted by molar-refractivity contribution is 7.15. The van der Waals surface area contributed by atoms with Gasteiger partial charge in [-0.3, -0.25) is 9.48 Å². The number of hydrogen-bond donors (Lipinski definition) is 2. The van der Waals surface area contributed by atoms with Crippen molar-refractivity contribution in [2.45, 2.75) is 32.1 Å². The molecule has 4 aromatic rings. The molecule has 0 aliphatic carbocycles. The molecular weight excluding hydrogens is 467 g/mol. The Hall–Kier alpha value is -3.38. The van der Waals surface area contributed by atoms with Crippen LogP contribution in [0, 0.1) is 6.92 Å². The number of carbonyl (C=O) groups is 1. The highest BCUT2D eigenvalue weighted by atomic mass is 32.1. The molecule has 1 aliphatic heterocycles. The van der Waals surface area contributed by atoms with Crippen molar-refractivity contribution in [1.29, 1.82) is 0 Å². The van der Waals surface area contributed by atoms with Gasteiger partial charge in [0.2, 0.25) is 5.82 Å². The van der Waals surface area contributed by atoms with Gasteiger partial charge in [-0.25, -0.2) is 15.0 Å². The Morgan fingerprint density at radius 2 is 1.91 bits per heavy atom. The Labute approximate surface area is 196 Å². The van der Waals surface area contributed by atoms with Crippen molar-refractivity contribution in [2.24, 2.45) is 0 Å². The topological polar surface area (TPSA) is 97.6 Å². The molecule has 0 bridgehead atoms. The molecule has 8 nitrogen and oxygen atoms in total. The first-order valence-electron chi connectivity index (χ1n) is 10.6. The second kappa shape index (κ2) is 8.44. The quantitative estimate of drug-likeness (QED) is 0.443. The summed E-state index contributed by atoms with van der Waals surface area (Å²) in [5, 5.41) is 12.3. The van der Waals surface area contributed by atoms with Crippen LogP contribution in [0.15, 0.2) is 36.9 Å². The first-order chi connectivity index (χ1) is 16.2. The standard InChI is InChI=1S/C22H20F3N7OS/c1-11-5-27-20(34-11)16-3-13(4-18-17(16)10-30-32(18)15-8-26-9-15)19(33)31-12(2)14-6-28-21(29-7-14)22(23,24)25/h3-7,10,12,15,26H,8-9H2,1-2H3,(H,31,33). The lowest BCUT2D eigenvalue weighted by molar-refractivity contribution is -0.145. The zero-order valence-electron chi connectivity index (χ0n) is 18.2. The summed E-state index contributed by atoms with van der Waals surface area (Å²) in [6, 6.07) is 3.16. The number of rotatable bonds is 5. The van der Waals surface area contributed by atoms with E-state index in [2.05, 4.69) is 30.7 Å². The summed E-state index contributed by atoms with van der Waals surface area (Å²) in [7, 11) is 0. The summed E-state index contributed by atoms with van der Waals surface area (Å²) in [4.78, 5) is 25.5. The molecule has 1 aliphatic rings. The molecular formula is C22H20F3N7OS. The van der Waals surface area contributed by atoms with Crippen LogP contribution in [0.3, 0.4) is 0 Å². The van der Waals surface area contributed by atoms with Crippen LogP contribution in [-0.2, 0) is 6.18 Å². The summed E-state index contributed by atoms with van der Waals surface area (Å²) in [6.07, 6.45) is 1.11. The first-order valence-corrected chi connectivity index (χ1v) is 11.4. The molecule has 34 heavy (non-hydrogen) atoms. The minimum absolute atomic E-state index is 0.199. The van der Waals surface area contributed by atoms with Crippen molar-refractivity contribution in [3.63, 3.8) is 0 Å². The molecule has 1 amide bonds. The van der Waals surface area contributed by atoms with E-state index in [1.165, 1.54) is 11.3 Å². The average Bonchev–Trinajstić information content (AvgIpc) is 3.38. The molecule has 5 rings (SSSR count). The highest BCUT2D eigenvalue weighted by Crippen LogP contribution is 2.34. The van der Waals surface area contributed by atoms with Gasteiger partial charge >= 0.3 is 6.18 Å². The maximum Gasteiger partial charge on any atom is 0.451 e. The number of fused-ring (bicyclic) bond motifs is 1. The molecule has 0 spiro atoms. The van der Waals surface area contributed by atoms with Crippen molar-refractivity contribution >= 4 is 28.1 Å². The minimum Gasteiger partial charge on any atom is -0.345 e. The van der Waals surface area contributed by atoms with Crippen molar-refractivity contribution in [2.75, 3.05) is 13.1 Å². The molecule has 3 aromatic heterocycles. The lowest BCUT2D eigenvalue weighted by Crippen LogP contribution is -2.43. The molecule has 1 unspecified atom stereocenters. The Morgan fingerprint density at radius 1 is 1.18 bits per heavy atom. The molecule has 0 radical (unpaired) electrons. The Bertz CT molecular complexity index is 1360. The van der Waals surface area contributed by atoms with E-state index < -0.39 is 18.0 Å². The SMILES string of the molecule is Cc1cnc(-c2cc(C(=O)NC(C)c3cnc(C(F)(F)F)nc3)cc3c2cnn3C2CNC2)s1. The van der Waals surface area contributed by atoms with Crippen LogP contribution in [0.2, 0.25) is 0 Å². The Balaban J connectivity index is 1.48. The third-order valence-electron chi connectivity index (χ3n) is 5.71. The third-order valence-corrected chi connectivity index (χ3v) is 6.65. The fourth-order valence-corrected chi connectivity index (χ4v) is 4.54. The molecule has 12 heteroatoms. The van der Waals surface area contributed by atoms with E-state index in [1.54, 1.807) is 31.5 Å². The number of amides is 1. The molecule has 1 aromatic carbocycles. The van der Waals surface area contributed by atoms with E-state index in [1.807, 2.05) is 11.6 Å². The van der Waals surface area contributed by atoms with Crippen LogP contribution in [-0.4, -0.2) is 43.7 Å². The van der Waals surface area contributed by atoms with E-state index in [0.29, 0.717) is 11.1 Å². The molecule has 2 N–H and O–H groups in total. The van der Waals surface area contributed by atoms with Gasteiger partial charge < -0.3 is 10.6 Å². The molecule has 1 saturated heterocycles. The number of carbonyl (C=O) groups excluding carboxylic acids is 1. The summed E-state index contributed by atoms with van der Waals surface area (Å²) in [6.45, 7) is 5.22. The predicted molar refractivity (Wildman–Crippen MR) is 120 cm³/mol. The number of nitrogens with one attached hydrogen (secondary N) is 2. The zero-order chi connectivity index (χ0) is 24.0. The van der Waals surface area contributed by atoms with Crippen molar-refractivity contribution in [3.8, 4) is 10.6 Å². The molecule has 176 valence electrons. The van der Waals surface area contributed by atoms with Gasteiger partial charge in [-0.1, -0.05) is 0 Å².